The Labute approximate surface area is 140 Å². The van der Waals surface area contributed by atoms with Gasteiger partial charge in [0.2, 0.25) is 0 Å². The molecule has 0 saturated heterocycles. The second kappa shape index (κ2) is 6.89. The molecule has 0 radical (unpaired) electrons. The highest BCUT2D eigenvalue weighted by atomic mass is 32.2. The number of hydrogen-bond acceptors (Lipinski definition) is 5. The van der Waals surface area contributed by atoms with E-state index in [0.717, 1.165) is 21.2 Å². The second-order valence-corrected chi connectivity index (χ2v) is 6.60. The fraction of sp³-hybridized carbons (Fsp3) is 0.0625. The number of benzene rings is 2. The fourth-order valence-electron chi connectivity index (χ4n) is 1.92. The van der Waals surface area contributed by atoms with Gasteiger partial charge in [-0.1, -0.05) is 0 Å². The van der Waals surface area contributed by atoms with E-state index < -0.39 is 4.92 Å². The summed E-state index contributed by atoms with van der Waals surface area (Å²) < 4.78 is 12.9. The summed E-state index contributed by atoms with van der Waals surface area (Å²) in [6.45, 7) is 0. The maximum absolute atomic E-state index is 12.9. The van der Waals surface area contributed by atoms with Crippen molar-refractivity contribution in [2.24, 2.45) is 0 Å². The Balaban J connectivity index is 1.65. The molecule has 0 fully saturated rings. The molecule has 7 heteroatoms. The molecule has 1 heterocycles. The van der Waals surface area contributed by atoms with Crippen LogP contribution in [0.2, 0.25) is 0 Å². The lowest BCUT2D eigenvalue weighted by atomic mass is 10.2. The molecule has 0 bridgehead atoms. The highest BCUT2D eigenvalue weighted by Crippen LogP contribution is 2.28. The maximum atomic E-state index is 12.9. The third-order valence-electron chi connectivity index (χ3n) is 3.08. The summed E-state index contributed by atoms with van der Waals surface area (Å²) >= 11 is 3.08. The van der Waals surface area contributed by atoms with E-state index in [4.69, 9.17) is 0 Å². The number of rotatable bonds is 5. The van der Waals surface area contributed by atoms with Gasteiger partial charge in [-0.15, -0.1) is 23.1 Å². The molecular weight excluding hydrogens is 335 g/mol. The monoisotopic (exact) mass is 346 g/mol. The summed E-state index contributed by atoms with van der Waals surface area (Å²) in [6.07, 6.45) is 0. The summed E-state index contributed by atoms with van der Waals surface area (Å²) in [5.74, 6) is 0.412. The summed E-state index contributed by atoms with van der Waals surface area (Å²) in [6, 6.07) is 12.7. The predicted octanol–water partition coefficient (Wildman–Crippen LogP) is 5.15. The van der Waals surface area contributed by atoms with Gasteiger partial charge < -0.3 is 0 Å². The Morgan fingerprint density at radius 1 is 1.13 bits per heavy atom. The number of thioether (sulfide) groups is 1. The maximum Gasteiger partial charge on any atom is 0.269 e. The van der Waals surface area contributed by atoms with E-state index in [1.807, 2.05) is 5.38 Å². The van der Waals surface area contributed by atoms with Crippen LogP contribution in [0.15, 0.2) is 58.8 Å². The van der Waals surface area contributed by atoms with Crippen LogP contribution in [0.25, 0.3) is 10.6 Å². The SMILES string of the molecule is O=[N+]([O-])c1ccc(SCc2csc(-c3ccc(F)cc3)n2)cc1. The summed E-state index contributed by atoms with van der Waals surface area (Å²) in [5, 5.41) is 13.4. The molecule has 0 amide bonds. The van der Waals surface area contributed by atoms with Crippen molar-refractivity contribution in [1.29, 1.82) is 0 Å². The highest BCUT2D eigenvalue weighted by molar-refractivity contribution is 7.98. The lowest BCUT2D eigenvalue weighted by Gasteiger charge is -1.99. The topological polar surface area (TPSA) is 56.0 Å². The molecule has 0 aliphatic heterocycles. The van der Waals surface area contributed by atoms with Gasteiger partial charge in [0.25, 0.3) is 5.69 Å². The van der Waals surface area contributed by atoms with Crippen molar-refractivity contribution in [3.8, 4) is 10.6 Å². The minimum atomic E-state index is -0.413. The van der Waals surface area contributed by atoms with E-state index in [-0.39, 0.29) is 11.5 Å². The molecule has 3 aromatic rings. The fourth-order valence-corrected chi connectivity index (χ4v) is 3.64. The van der Waals surface area contributed by atoms with Crippen LogP contribution in [0.1, 0.15) is 5.69 Å². The van der Waals surface area contributed by atoms with E-state index >= 15 is 0 Å². The molecule has 116 valence electrons. The Kier molecular flexibility index (Phi) is 4.68. The largest absolute Gasteiger partial charge is 0.269 e. The standard InChI is InChI=1S/C16H11FN2O2S2/c17-12-3-1-11(2-4-12)16-18-13(10-23-16)9-22-15-7-5-14(6-8-15)19(20)21/h1-8,10H,9H2. The average Bonchev–Trinajstić information content (AvgIpc) is 3.03. The van der Waals surface area contributed by atoms with Gasteiger partial charge in [0, 0.05) is 33.7 Å². The van der Waals surface area contributed by atoms with Gasteiger partial charge in [0.1, 0.15) is 10.8 Å². The van der Waals surface area contributed by atoms with Crippen molar-refractivity contribution in [3.63, 3.8) is 0 Å². The van der Waals surface area contributed by atoms with Gasteiger partial charge in [-0.25, -0.2) is 9.37 Å². The first kappa shape index (κ1) is 15.6. The molecule has 1 aromatic heterocycles. The van der Waals surface area contributed by atoms with E-state index in [0.29, 0.717) is 5.75 Å². The first-order chi connectivity index (χ1) is 11.1. The molecule has 0 aliphatic carbocycles. The molecule has 3 rings (SSSR count). The minimum absolute atomic E-state index is 0.0848. The second-order valence-electron chi connectivity index (χ2n) is 4.69. The average molecular weight is 346 g/mol. The zero-order valence-corrected chi connectivity index (χ0v) is 13.4. The highest BCUT2D eigenvalue weighted by Gasteiger charge is 2.07. The normalized spacial score (nSPS) is 10.7. The van der Waals surface area contributed by atoms with Crippen molar-refractivity contribution in [1.82, 2.24) is 4.98 Å². The third kappa shape index (κ3) is 3.94. The van der Waals surface area contributed by atoms with Gasteiger partial charge in [-0.2, -0.15) is 0 Å². The number of aromatic nitrogens is 1. The molecule has 0 atom stereocenters. The first-order valence-corrected chi connectivity index (χ1v) is 8.56. The third-order valence-corrected chi connectivity index (χ3v) is 5.06. The van der Waals surface area contributed by atoms with Crippen LogP contribution < -0.4 is 0 Å². The molecule has 0 aliphatic rings. The summed E-state index contributed by atoms with van der Waals surface area (Å²) in [4.78, 5) is 15.7. The minimum Gasteiger partial charge on any atom is -0.258 e. The number of nitro groups is 1. The van der Waals surface area contributed by atoms with Crippen molar-refractivity contribution < 1.29 is 9.31 Å². The van der Waals surface area contributed by atoms with Gasteiger partial charge in [0.15, 0.2) is 0 Å². The number of nitrogens with zero attached hydrogens (tertiary/aromatic N) is 2. The van der Waals surface area contributed by atoms with Crippen molar-refractivity contribution in [2.45, 2.75) is 10.6 Å². The molecule has 0 saturated carbocycles. The number of nitro benzene ring substituents is 1. The molecule has 0 N–H and O–H groups in total. The van der Waals surface area contributed by atoms with Crippen LogP contribution in [0.5, 0.6) is 0 Å². The molecule has 23 heavy (non-hydrogen) atoms. The van der Waals surface area contributed by atoms with Crippen LogP contribution in [0.3, 0.4) is 0 Å². The Hall–Kier alpha value is -2.25. The Morgan fingerprint density at radius 3 is 2.48 bits per heavy atom. The van der Waals surface area contributed by atoms with E-state index in [1.54, 1.807) is 36.0 Å². The molecule has 0 spiro atoms. The number of non-ortho nitro benzene ring substituents is 1. The predicted molar refractivity (Wildman–Crippen MR) is 90.2 cm³/mol. The quantitative estimate of drug-likeness (QED) is 0.364. The number of hydrogen-bond donors (Lipinski definition) is 0. The van der Waals surface area contributed by atoms with Crippen LogP contribution in [0, 0.1) is 15.9 Å². The van der Waals surface area contributed by atoms with Crippen molar-refractivity contribution >= 4 is 28.8 Å². The summed E-state index contributed by atoms with van der Waals surface area (Å²) in [7, 11) is 0. The molecule has 2 aromatic carbocycles. The van der Waals surface area contributed by atoms with Crippen LogP contribution >= 0.6 is 23.1 Å². The van der Waals surface area contributed by atoms with Gasteiger partial charge in [0.05, 0.1) is 10.6 Å². The van der Waals surface area contributed by atoms with Gasteiger partial charge >= 0.3 is 0 Å². The Morgan fingerprint density at radius 2 is 1.83 bits per heavy atom. The molecular formula is C16H11FN2O2S2. The molecule has 4 nitrogen and oxygen atoms in total. The first-order valence-electron chi connectivity index (χ1n) is 6.69. The number of thiazole rings is 1. The Bertz CT molecular complexity index is 817. The van der Waals surface area contributed by atoms with Crippen molar-refractivity contribution in [2.75, 3.05) is 0 Å². The number of halogens is 1. The van der Waals surface area contributed by atoms with Crippen LogP contribution in [-0.2, 0) is 5.75 Å². The summed E-state index contributed by atoms with van der Waals surface area (Å²) in [5.41, 5.74) is 1.90. The van der Waals surface area contributed by atoms with Crippen LogP contribution in [-0.4, -0.2) is 9.91 Å². The van der Waals surface area contributed by atoms with E-state index in [1.165, 1.54) is 35.6 Å². The lowest BCUT2D eigenvalue weighted by molar-refractivity contribution is -0.384. The van der Waals surface area contributed by atoms with Gasteiger partial charge in [-0.05, 0) is 36.4 Å². The van der Waals surface area contributed by atoms with Crippen molar-refractivity contribution in [3.05, 3.63) is 75.5 Å². The smallest absolute Gasteiger partial charge is 0.258 e. The van der Waals surface area contributed by atoms with Crippen LogP contribution in [0.4, 0.5) is 10.1 Å². The molecule has 0 unspecified atom stereocenters. The van der Waals surface area contributed by atoms with E-state index in [9.17, 15) is 14.5 Å². The zero-order valence-electron chi connectivity index (χ0n) is 11.8. The van der Waals surface area contributed by atoms with Gasteiger partial charge in [-0.3, -0.25) is 10.1 Å². The lowest BCUT2D eigenvalue weighted by Crippen LogP contribution is -1.87. The van der Waals surface area contributed by atoms with E-state index in [2.05, 4.69) is 4.98 Å². The zero-order chi connectivity index (χ0) is 16.2.